The molecule has 0 amide bonds. The largest absolute Gasteiger partial charge is 0.412 e. The molecule has 0 bridgehead atoms. The summed E-state index contributed by atoms with van der Waals surface area (Å²) in [5, 5.41) is 9.01. The SMILES string of the molecule is CC(O)CC(N)C(C)(C)C.O. The van der Waals surface area contributed by atoms with Gasteiger partial charge in [0.1, 0.15) is 0 Å². The molecule has 0 aromatic carbocycles. The summed E-state index contributed by atoms with van der Waals surface area (Å²) in [6, 6.07) is 0.0903. The van der Waals surface area contributed by atoms with Gasteiger partial charge in [-0.1, -0.05) is 20.8 Å². The Hall–Kier alpha value is -0.120. The monoisotopic (exact) mass is 163 g/mol. The lowest BCUT2D eigenvalue weighted by atomic mass is 9.84. The number of hydrogen-bond donors (Lipinski definition) is 2. The van der Waals surface area contributed by atoms with Gasteiger partial charge in [0.2, 0.25) is 0 Å². The molecule has 0 saturated heterocycles. The highest BCUT2D eigenvalue weighted by Gasteiger charge is 2.21. The molecule has 0 aromatic heterocycles. The third kappa shape index (κ3) is 6.28. The average molecular weight is 163 g/mol. The Morgan fingerprint density at radius 1 is 1.36 bits per heavy atom. The lowest BCUT2D eigenvalue weighted by molar-refractivity contribution is 0.148. The van der Waals surface area contributed by atoms with Gasteiger partial charge in [-0.25, -0.2) is 0 Å². The molecule has 5 N–H and O–H groups in total. The fourth-order valence-corrected chi connectivity index (χ4v) is 0.721. The normalized spacial score (nSPS) is 16.9. The van der Waals surface area contributed by atoms with Crippen molar-refractivity contribution in [3.8, 4) is 0 Å². The first-order chi connectivity index (χ1) is 4.34. The van der Waals surface area contributed by atoms with Crippen molar-refractivity contribution in [2.24, 2.45) is 11.1 Å². The molecule has 3 nitrogen and oxygen atoms in total. The van der Waals surface area contributed by atoms with Crippen molar-refractivity contribution in [1.29, 1.82) is 0 Å². The van der Waals surface area contributed by atoms with Gasteiger partial charge in [0.25, 0.3) is 0 Å². The molecule has 2 unspecified atom stereocenters. The molecule has 0 radical (unpaired) electrons. The van der Waals surface area contributed by atoms with Crippen LogP contribution < -0.4 is 5.73 Å². The van der Waals surface area contributed by atoms with Crippen LogP contribution in [0, 0.1) is 5.41 Å². The first-order valence-electron chi connectivity index (χ1n) is 3.77. The molecular weight excluding hydrogens is 142 g/mol. The quantitative estimate of drug-likeness (QED) is 0.614. The van der Waals surface area contributed by atoms with E-state index in [1.165, 1.54) is 0 Å². The van der Waals surface area contributed by atoms with E-state index in [0.29, 0.717) is 6.42 Å². The molecule has 0 spiro atoms. The van der Waals surface area contributed by atoms with Crippen LogP contribution in [0.3, 0.4) is 0 Å². The molecule has 0 saturated carbocycles. The smallest absolute Gasteiger partial charge is 0.0527 e. The van der Waals surface area contributed by atoms with E-state index in [-0.39, 0.29) is 23.0 Å². The van der Waals surface area contributed by atoms with Gasteiger partial charge >= 0.3 is 0 Å². The lowest BCUT2D eigenvalue weighted by Crippen LogP contribution is -2.37. The van der Waals surface area contributed by atoms with Crippen LogP contribution in [0.5, 0.6) is 0 Å². The van der Waals surface area contributed by atoms with Gasteiger partial charge in [-0.3, -0.25) is 0 Å². The standard InChI is InChI=1S/C8H19NO.H2O/c1-6(10)5-7(9)8(2,3)4;/h6-7,10H,5,9H2,1-4H3;1H2. The Kier molecular flexibility index (Phi) is 5.75. The summed E-state index contributed by atoms with van der Waals surface area (Å²) < 4.78 is 0. The molecular formula is C8H21NO2. The zero-order chi connectivity index (χ0) is 8.36. The fourth-order valence-electron chi connectivity index (χ4n) is 0.721. The van der Waals surface area contributed by atoms with E-state index in [9.17, 15) is 0 Å². The minimum absolute atomic E-state index is 0. The predicted molar refractivity (Wildman–Crippen MR) is 47.3 cm³/mol. The molecule has 2 atom stereocenters. The molecule has 70 valence electrons. The minimum Gasteiger partial charge on any atom is -0.412 e. The maximum atomic E-state index is 9.01. The fraction of sp³-hybridized carbons (Fsp3) is 1.00. The van der Waals surface area contributed by atoms with E-state index in [2.05, 4.69) is 20.8 Å². The van der Waals surface area contributed by atoms with Crippen molar-refractivity contribution in [3.05, 3.63) is 0 Å². The van der Waals surface area contributed by atoms with Gasteiger partial charge < -0.3 is 16.3 Å². The van der Waals surface area contributed by atoms with Gasteiger partial charge in [-0.05, 0) is 18.8 Å². The van der Waals surface area contributed by atoms with Gasteiger partial charge in [0, 0.05) is 6.04 Å². The Bertz CT molecular complexity index is 96.8. The maximum absolute atomic E-state index is 9.01. The second kappa shape index (κ2) is 4.70. The van der Waals surface area contributed by atoms with Crippen molar-refractivity contribution >= 4 is 0 Å². The van der Waals surface area contributed by atoms with Gasteiger partial charge in [0.05, 0.1) is 6.10 Å². The van der Waals surface area contributed by atoms with Crippen molar-refractivity contribution in [1.82, 2.24) is 0 Å². The van der Waals surface area contributed by atoms with Crippen molar-refractivity contribution < 1.29 is 10.6 Å². The van der Waals surface area contributed by atoms with Crippen LogP contribution in [-0.2, 0) is 0 Å². The number of aliphatic hydroxyl groups excluding tert-OH is 1. The molecule has 0 fully saturated rings. The van der Waals surface area contributed by atoms with Crippen LogP contribution in [0.2, 0.25) is 0 Å². The highest BCUT2D eigenvalue weighted by atomic mass is 16.3. The van der Waals surface area contributed by atoms with Gasteiger partial charge in [-0.15, -0.1) is 0 Å². The Morgan fingerprint density at radius 3 is 1.82 bits per heavy atom. The first kappa shape index (κ1) is 13.5. The zero-order valence-electron chi connectivity index (χ0n) is 7.89. The molecule has 3 heteroatoms. The van der Waals surface area contributed by atoms with Crippen LogP contribution in [0.15, 0.2) is 0 Å². The molecule has 0 heterocycles. The zero-order valence-corrected chi connectivity index (χ0v) is 7.89. The summed E-state index contributed by atoms with van der Waals surface area (Å²) in [4.78, 5) is 0. The number of hydrogen-bond acceptors (Lipinski definition) is 2. The molecule has 0 aliphatic heterocycles. The topological polar surface area (TPSA) is 77.8 Å². The number of nitrogens with two attached hydrogens (primary N) is 1. The summed E-state index contributed by atoms with van der Waals surface area (Å²) in [7, 11) is 0. The summed E-state index contributed by atoms with van der Waals surface area (Å²) in [5.74, 6) is 0. The van der Waals surface area contributed by atoms with E-state index in [1.54, 1.807) is 6.92 Å². The molecule has 0 rings (SSSR count). The first-order valence-corrected chi connectivity index (χ1v) is 3.77. The highest BCUT2D eigenvalue weighted by molar-refractivity contribution is 4.78. The minimum atomic E-state index is -0.283. The summed E-state index contributed by atoms with van der Waals surface area (Å²) in [5.41, 5.74) is 5.90. The van der Waals surface area contributed by atoms with E-state index < -0.39 is 0 Å². The second-order valence-electron chi connectivity index (χ2n) is 4.06. The third-order valence-corrected chi connectivity index (χ3v) is 1.71. The average Bonchev–Trinajstić information content (AvgIpc) is 1.60. The Labute approximate surface area is 68.9 Å². The maximum Gasteiger partial charge on any atom is 0.0527 e. The Balaban J connectivity index is 0. The van der Waals surface area contributed by atoms with Gasteiger partial charge in [0.15, 0.2) is 0 Å². The van der Waals surface area contributed by atoms with E-state index in [0.717, 1.165) is 0 Å². The van der Waals surface area contributed by atoms with Crippen molar-refractivity contribution in [3.63, 3.8) is 0 Å². The van der Waals surface area contributed by atoms with Crippen molar-refractivity contribution in [2.45, 2.75) is 46.3 Å². The predicted octanol–water partition coefficient (Wildman–Crippen LogP) is 0.306. The second-order valence-corrected chi connectivity index (χ2v) is 4.06. The van der Waals surface area contributed by atoms with Crippen LogP contribution in [0.1, 0.15) is 34.1 Å². The summed E-state index contributed by atoms with van der Waals surface area (Å²) in [6.07, 6.45) is 0.401. The number of rotatable bonds is 2. The van der Waals surface area contributed by atoms with Crippen LogP contribution in [-0.4, -0.2) is 22.7 Å². The summed E-state index contributed by atoms with van der Waals surface area (Å²) >= 11 is 0. The highest BCUT2D eigenvalue weighted by Crippen LogP contribution is 2.20. The van der Waals surface area contributed by atoms with E-state index >= 15 is 0 Å². The Morgan fingerprint density at radius 2 is 1.73 bits per heavy atom. The third-order valence-electron chi connectivity index (χ3n) is 1.71. The molecule has 0 aliphatic rings. The molecule has 11 heavy (non-hydrogen) atoms. The van der Waals surface area contributed by atoms with E-state index in [4.69, 9.17) is 10.8 Å². The van der Waals surface area contributed by atoms with Crippen LogP contribution >= 0.6 is 0 Å². The van der Waals surface area contributed by atoms with Gasteiger partial charge in [-0.2, -0.15) is 0 Å². The number of aliphatic hydroxyl groups is 1. The van der Waals surface area contributed by atoms with Crippen LogP contribution in [0.4, 0.5) is 0 Å². The lowest BCUT2D eigenvalue weighted by Gasteiger charge is -2.27. The molecule has 0 aromatic rings. The van der Waals surface area contributed by atoms with E-state index in [1.807, 2.05) is 0 Å². The molecule has 0 aliphatic carbocycles. The van der Waals surface area contributed by atoms with Crippen LogP contribution in [0.25, 0.3) is 0 Å². The van der Waals surface area contributed by atoms with Crippen molar-refractivity contribution in [2.75, 3.05) is 0 Å². The summed E-state index contributed by atoms with van der Waals surface area (Å²) in [6.45, 7) is 8.02.